The number of anilines is 1. The second-order valence-electron chi connectivity index (χ2n) is 6.62. The fourth-order valence-electron chi connectivity index (χ4n) is 3.02. The Hall–Kier alpha value is -4.20. The van der Waals surface area contributed by atoms with E-state index >= 15 is 0 Å². The Balaban J connectivity index is 1.44. The molecule has 0 radical (unpaired) electrons. The fourth-order valence-corrected chi connectivity index (χ4v) is 3.02. The number of amides is 4. The van der Waals surface area contributed by atoms with Gasteiger partial charge < -0.3 is 15.2 Å². The summed E-state index contributed by atoms with van der Waals surface area (Å²) in [6.07, 6.45) is 5.22. The van der Waals surface area contributed by atoms with Crippen molar-refractivity contribution in [1.29, 1.82) is 0 Å². The largest absolute Gasteiger partial charge is 0.329 e. The lowest BCUT2D eigenvalue weighted by Gasteiger charge is -2.11. The van der Waals surface area contributed by atoms with Gasteiger partial charge >= 0.3 is 6.03 Å². The van der Waals surface area contributed by atoms with Gasteiger partial charge in [0.25, 0.3) is 5.91 Å². The Morgan fingerprint density at radius 3 is 2.50 bits per heavy atom. The average Bonchev–Trinajstić information content (AvgIpc) is 3.31. The first-order valence-electron chi connectivity index (χ1n) is 9.13. The van der Waals surface area contributed by atoms with Gasteiger partial charge in [0.05, 0.1) is 0 Å². The number of nitrogens with zero attached hydrogens (tertiary/aromatic N) is 2. The third-order valence-electron chi connectivity index (χ3n) is 4.47. The summed E-state index contributed by atoms with van der Waals surface area (Å²) in [6, 6.07) is 16.0. The number of carbonyl (C=O) groups excluding carboxylic acids is 3. The first kappa shape index (κ1) is 19.1. The van der Waals surface area contributed by atoms with E-state index in [1.807, 2.05) is 53.4 Å². The molecule has 4 rings (SSSR count). The molecule has 0 aliphatic carbocycles. The maximum Gasteiger partial charge on any atom is 0.329 e. The van der Waals surface area contributed by atoms with Gasteiger partial charge in [-0.25, -0.2) is 14.1 Å². The molecule has 1 saturated heterocycles. The number of hydrogen-bond donors (Lipinski definition) is 2. The summed E-state index contributed by atoms with van der Waals surface area (Å²) in [5.41, 5.74) is 2.13. The number of carbonyl (C=O) groups is 3. The molecule has 1 aromatic heterocycles. The molecule has 1 fully saturated rings. The normalized spacial score (nSPS) is 14.8. The Bertz CT molecular complexity index is 1140. The highest BCUT2D eigenvalue weighted by atomic mass is 19.1. The number of urea groups is 1. The van der Waals surface area contributed by atoms with E-state index in [1.165, 1.54) is 24.3 Å². The van der Waals surface area contributed by atoms with Crippen molar-refractivity contribution < 1.29 is 18.8 Å². The molecule has 0 unspecified atom stereocenters. The molecule has 1 aliphatic heterocycles. The van der Waals surface area contributed by atoms with Gasteiger partial charge in [-0.2, -0.15) is 0 Å². The monoisotopic (exact) mass is 404 g/mol. The van der Waals surface area contributed by atoms with E-state index in [1.54, 1.807) is 6.08 Å². The van der Waals surface area contributed by atoms with Crippen LogP contribution < -0.4 is 10.6 Å². The van der Waals surface area contributed by atoms with E-state index in [0.717, 1.165) is 16.2 Å². The molecule has 3 aromatic rings. The molecular formula is C22H17FN4O3. The third-order valence-corrected chi connectivity index (χ3v) is 4.47. The molecule has 30 heavy (non-hydrogen) atoms. The van der Waals surface area contributed by atoms with Crippen LogP contribution in [0.1, 0.15) is 5.56 Å². The zero-order chi connectivity index (χ0) is 21.1. The van der Waals surface area contributed by atoms with Crippen LogP contribution in [0.3, 0.4) is 0 Å². The van der Waals surface area contributed by atoms with Crippen LogP contribution in [-0.4, -0.2) is 33.9 Å². The molecule has 8 heteroatoms. The van der Waals surface area contributed by atoms with Gasteiger partial charge in [-0.15, -0.1) is 0 Å². The van der Waals surface area contributed by atoms with Gasteiger partial charge in [0.15, 0.2) is 0 Å². The van der Waals surface area contributed by atoms with Crippen molar-refractivity contribution in [3.05, 3.63) is 90.1 Å². The predicted molar refractivity (Wildman–Crippen MR) is 109 cm³/mol. The number of benzene rings is 2. The van der Waals surface area contributed by atoms with Gasteiger partial charge in [0.2, 0.25) is 5.91 Å². The molecule has 150 valence electrons. The topological polar surface area (TPSA) is 83.4 Å². The molecule has 0 spiro atoms. The number of hydrogen-bond acceptors (Lipinski definition) is 3. The Morgan fingerprint density at radius 2 is 1.77 bits per heavy atom. The molecule has 0 saturated carbocycles. The van der Waals surface area contributed by atoms with Gasteiger partial charge in [0.1, 0.15) is 18.1 Å². The zero-order valence-corrected chi connectivity index (χ0v) is 15.7. The predicted octanol–water partition coefficient (Wildman–Crippen LogP) is 3.15. The number of imide groups is 1. The van der Waals surface area contributed by atoms with Crippen LogP contribution in [0.4, 0.5) is 14.9 Å². The molecule has 7 nitrogen and oxygen atoms in total. The molecule has 2 N–H and O–H groups in total. The van der Waals surface area contributed by atoms with Crippen LogP contribution in [0.15, 0.2) is 78.8 Å². The van der Waals surface area contributed by atoms with Gasteiger partial charge in [-0.1, -0.05) is 18.2 Å². The number of rotatable bonds is 5. The molecule has 4 amide bonds. The summed E-state index contributed by atoms with van der Waals surface area (Å²) in [4.78, 5) is 37.7. The first-order chi connectivity index (χ1) is 14.5. The third kappa shape index (κ3) is 4.12. The van der Waals surface area contributed by atoms with Crippen molar-refractivity contribution in [1.82, 2.24) is 14.8 Å². The lowest BCUT2D eigenvalue weighted by molar-refractivity contribution is -0.127. The molecule has 0 bridgehead atoms. The van der Waals surface area contributed by atoms with Crippen LogP contribution >= 0.6 is 0 Å². The van der Waals surface area contributed by atoms with Crippen LogP contribution in [0.5, 0.6) is 0 Å². The van der Waals surface area contributed by atoms with Crippen molar-refractivity contribution in [3.63, 3.8) is 0 Å². The molecule has 2 heterocycles. The maximum absolute atomic E-state index is 12.9. The lowest BCUT2D eigenvalue weighted by atomic mass is 10.2. The van der Waals surface area contributed by atoms with Crippen molar-refractivity contribution in [2.24, 2.45) is 0 Å². The SMILES string of the molecule is O=C(CN1C(=O)N/C(=C/c2ccn(-c3ccccc3)c2)C1=O)Nc1ccc(F)cc1. The van der Waals surface area contributed by atoms with E-state index in [4.69, 9.17) is 0 Å². The van der Waals surface area contributed by atoms with Gasteiger partial charge in [-0.05, 0) is 54.1 Å². The second-order valence-corrected chi connectivity index (χ2v) is 6.62. The van der Waals surface area contributed by atoms with Crippen LogP contribution in [0, 0.1) is 5.82 Å². The van der Waals surface area contributed by atoms with Crippen molar-refractivity contribution in [2.75, 3.05) is 11.9 Å². The quantitative estimate of drug-likeness (QED) is 0.506. The smallest absolute Gasteiger partial charge is 0.325 e. The minimum atomic E-state index is -0.678. The summed E-state index contributed by atoms with van der Waals surface area (Å²) in [5.74, 6) is -1.60. The van der Waals surface area contributed by atoms with Crippen LogP contribution in [0.25, 0.3) is 11.8 Å². The first-order valence-corrected chi connectivity index (χ1v) is 9.13. The minimum Gasteiger partial charge on any atom is -0.325 e. The maximum atomic E-state index is 12.9. The van der Waals surface area contributed by atoms with E-state index in [9.17, 15) is 18.8 Å². The Kier molecular flexibility index (Phi) is 5.13. The second kappa shape index (κ2) is 8.04. The zero-order valence-electron chi connectivity index (χ0n) is 15.7. The van der Waals surface area contributed by atoms with E-state index in [-0.39, 0.29) is 5.70 Å². The Labute approximate surface area is 171 Å². The van der Waals surface area contributed by atoms with E-state index in [0.29, 0.717) is 5.69 Å². The molecule has 1 aliphatic rings. The van der Waals surface area contributed by atoms with Gasteiger partial charge in [-0.3, -0.25) is 9.59 Å². The summed E-state index contributed by atoms with van der Waals surface area (Å²) < 4.78 is 14.8. The van der Waals surface area contributed by atoms with Crippen LogP contribution in [-0.2, 0) is 9.59 Å². The number of nitrogens with one attached hydrogen (secondary N) is 2. The fraction of sp³-hybridized carbons (Fsp3) is 0.0455. The summed E-state index contributed by atoms with van der Waals surface area (Å²) in [6.45, 7) is -0.454. The highest BCUT2D eigenvalue weighted by molar-refractivity contribution is 6.15. The molecule has 2 aromatic carbocycles. The molecule has 0 atom stereocenters. The standard InChI is InChI=1S/C22H17FN4O3/c23-16-6-8-17(9-7-16)24-20(28)14-27-21(29)19(25-22(27)30)12-15-10-11-26(13-15)18-4-2-1-3-5-18/h1-13H,14H2,(H,24,28)(H,25,30)/b19-12+. The van der Waals surface area contributed by atoms with Gasteiger partial charge in [0, 0.05) is 23.8 Å². The summed E-state index contributed by atoms with van der Waals surface area (Å²) >= 11 is 0. The van der Waals surface area contributed by atoms with Crippen molar-refractivity contribution in [2.45, 2.75) is 0 Å². The number of halogens is 1. The summed E-state index contributed by atoms with van der Waals surface area (Å²) in [5, 5.41) is 5.01. The highest BCUT2D eigenvalue weighted by Gasteiger charge is 2.34. The van der Waals surface area contributed by atoms with Crippen molar-refractivity contribution in [3.8, 4) is 5.69 Å². The van der Waals surface area contributed by atoms with E-state index < -0.39 is 30.2 Å². The van der Waals surface area contributed by atoms with Crippen molar-refractivity contribution >= 4 is 29.6 Å². The number of para-hydroxylation sites is 1. The summed E-state index contributed by atoms with van der Waals surface area (Å²) in [7, 11) is 0. The number of aromatic nitrogens is 1. The van der Waals surface area contributed by atoms with E-state index in [2.05, 4.69) is 10.6 Å². The highest BCUT2D eigenvalue weighted by Crippen LogP contribution is 2.17. The molecular weight excluding hydrogens is 387 g/mol. The van der Waals surface area contributed by atoms with Crippen LogP contribution in [0.2, 0.25) is 0 Å². The minimum absolute atomic E-state index is 0.0837. The average molecular weight is 404 g/mol. The Morgan fingerprint density at radius 1 is 1.03 bits per heavy atom. The lowest BCUT2D eigenvalue weighted by Crippen LogP contribution is -2.38.